The number of guanidine groups is 1. The Morgan fingerprint density at radius 1 is 1.30 bits per heavy atom. The Hall–Kier alpha value is -0.580. The lowest BCUT2D eigenvalue weighted by atomic mass is 10.1. The lowest BCUT2D eigenvalue weighted by Gasteiger charge is -2.29. The first kappa shape index (κ1) is 22.7. The number of morpholine rings is 1. The Labute approximate surface area is 183 Å². The number of nitrogens with one attached hydrogen (secondary N) is 1. The maximum atomic E-state index is 13.6. The summed E-state index contributed by atoms with van der Waals surface area (Å²) in [4.78, 5) is 9.99. The highest BCUT2D eigenvalue weighted by Gasteiger charge is 2.26. The van der Waals surface area contributed by atoms with Gasteiger partial charge in [-0.1, -0.05) is 12.1 Å². The summed E-state index contributed by atoms with van der Waals surface area (Å²) in [7, 11) is 1.83. The molecule has 8 heteroatoms. The smallest absolute Gasteiger partial charge is 0.193 e. The Morgan fingerprint density at radius 3 is 2.81 bits per heavy atom. The van der Waals surface area contributed by atoms with E-state index in [0.29, 0.717) is 10.8 Å². The molecule has 2 saturated heterocycles. The molecule has 0 amide bonds. The first-order chi connectivity index (χ1) is 12.8. The minimum absolute atomic E-state index is 0. The molecule has 2 heterocycles. The molecule has 2 aliphatic rings. The molecule has 2 fully saturated rings. The number of nitrogens with zero attached hydrogens (tertiary/aromatic N) is 3. The van der Waals surface area contributed by atoms with Crippen molar-refractivity contribution in [1.82, 2.24) is 15.1 Å². The van der Waals surface area contributed by atoms with Gasteiger partial charge in [-0.2, -0.15) is 0 Å². The van der Waals surface area contributed by atoms with Crippen molar-refractivity contribution in [3.05, 3.63) is 30.1 Å². The normalized spacial score (nSPS) is 21.2. The zero-order chi connectivity index (χ0) is 18.2. The Balaban J connectivity index is 0.00000261. The molecule has 0 spiro atoms. The second-order valence-corrected chi connectivity index (χ2v) is 7.90. The van der Waals surface area contributed by atoms with Gasteiger partial charge in [-0.25, -0.2) is 4.39 Å². The monoisotopic (exact) mass is 508 g/mol. The molecule has 5 nitrogen and oxygen atoms in total. The van der Waals surface area contributed by atoms with Gasteiger partial charge in [-0.05, 0) is 24.5 Å². The molecular formula is C19H30FIN4OS. The van der Waals surface area contributed by atoms with Gasteiger partial charge in [0.15, 0.2) is 5.96 Å². The topological polar surface area (TPSA) is 40.1 Å². The van der Waals surface area contributed by atoms with E-state index in [4.69, 9.17) is 4.74 Å². The summed E-state index contributed by atoms with van der Waals surface area (Å²) in [6, 6.07) is 6.93. The Bertz CT molecular complexity index is 601. The molecule has 0 radical (unpaired) electrons. The number of hydrogen-bond donors (Lipinski definition) is 1. The molecular weight excluding hydrogens is 478 g/mol. The summed E-state index contributed by atoms with van der Waals surface area (Å²) in [5, 5.41) is 3.42. The van der Waals surface area contributed by atoms with Gasteiger partial charge in [0.2, 0.25) is 0 Å². The number of ether oxygens (including phenoxy) is 1. The molecule has 1 atom stereocenters. The molecule has 2 aliphatic heterocycles. The van der Waals surface area contributed by atoms with Gasteiger partial charge < -0.3 is 15.0 Å². The van der Waals surface area contributed by atoms with E-state index in [9.17, 15) is 4.39 Å². The first-order valence-corrected chi connectivity index (χ1v) is 10.4. The van der Waals surface area contributed by atoms with Gasteiger partial charge in [0.1, 0.15) is 5.82 Å². The quantitative estimate of drug-likeness (QED) is 0.211. The van der Waals surface area contributed by atoms with Crippen molar-refractivity contribution in [2.75, 3.05) is 65.3 Å². The molecule has 0 saturated carbocycles. The van der Waals surface area contributed by atoms with Crippen LogP contribution in [0.2, 0.25) is 0 Å². The highest BCUT2D eigenvalue weighted by Crippen LogP contribution is 2.21. The highest BCUT2D eigenvalue weighted by atomic mass is 127. The third kappa shape index (κ3) is 7.07. The molecule has 1 aromatic rings. The lowest BCUT2D eigenvalue weighted by Crippen LogP contribution is -2.42. The molecule has 1 unspecified atom stereocenters. The Kier molecular flexibility index (Phi) is 10.2. The zero-order valence-electron chi connectivity index (χ0n) is 15.9. The van der Waals surface area contributed by atoms with Crippen LogP contribution in [0.5, 0.6) is 0 Å². The predicted octanol–water partition coefficient (Wildman–Crippen LogP) is 2.77. The van der Waals surface area contributed by atoms with Gasteiger partial charge in [-0.15, -0.1) is 35.7 Å². The lowest BCUT2D eigenvalue weighted by molar-refractivity contribution is 0.0315. The number of thioether (sulfide) groups is 1. The van der Waals surface area contributed by atoms with E-state index in [-0.39, 0.29) is 29.8 Å². The molecule has 1 N–H and O–H groups in total. The van der Waals surface area contributed by atoms with Crippen molar-refractivity contribution in [2.24, 2.45) is 10.9 Å². The standard InChI is InChI=1S/C19H29FN4OS.HI/c1-21-19(22-7-13-26-18-5-3-2-4-17(18)20)24-8-6-16(15-24)14-23-9-11-25-12-10-23;/h2-5,16H,6-15H2,1H3,(H,21,22);1H. The highest BCUT2D eigenvalue weighted by molar-refractivity contribution is 14.0. The van der Waals surface area contributed by atoms with Crippen LogP contribution in [0.25, 0.3) is 0 Å². The number of halogens is 2. The van der Waals surface area contributed by atoms with Crippen molar-refractivity contribution in [3.63, 3.8) is 0 Å². The maximum Gasteiger partial charge on any atom is 0.193 e. The van der Waals surface area contributed by atoms with E-state index in [1.807, 2.05) is 19.2 Å². The molecule has 3 rings (SSSR count). The Morgan fingerprint density at radius 2 is 2.07 bits per heavy atom. The van der Waals surface area contributed by atoms with Gasteiger partial charge >= 0.3 is 0 Å². The summed E-state index contributed by atoms with van der Waals surface area (Å²) in [6.45, 7) is 7.86. The van der Waals surface area contributed by atoms with E-state index in [2.05, 4.69) is 20.1 Å². The van der Waals surface area contributed by atoms with E-state index in [1.54, 1.807) is 6.07 Å². The summed E-state index contributed by atoms with van der Waals surface area (Å²) in [6.07, 6.45) is 1.21. The van der Waals surface area contributed by atoms with Crippen LogP contribution in [0.3, 0.4) is 0 Å². The third-order valence-corrected chi connectivity index (χ3v) is 5.95. The summed E-state index contributed by atoms with van der Waals surface area (Å²) >= 11 is 1.54. The van der Waals surface area contributed by atoms with Crippen molar-refractivity contribution in [1.29, 1.82) is 0 Å². The van der Waals surface area contributed by atoms with Gasteiger partial charge in [0, 0.05) is 57.0 Å². The van der Waals surface area contributed by atoms with Crippen LogP contribution < -0.4 is 5.32 Å². The van der Waals surface area contributed by atoms with Crippen LogP contribution in [-0.2, 0) is 4.74 Å². The number of aliphatic imine (C=N–C) groups is 1. The molecule has 0 bridgehead atoms. The molecule has 0 aromatic heterocycles. The third-order valence-electron chi connectivity index (χ3n) is 4.90. The fraction of sp³-hybridized carbons (Fsp3) is 0.632. The maximum absolute atomic E-state index is 13.6. The number of hydrogen-bond acceptors (Lipinski definition) is 4. The average molecular weight is 508 g/mol. The van der Waals surface area contributed by atoms with Crippen molar-refractivity contribution < 1.29 is 9.13 Å². The van der Waals surface area contributed by atoms with E-state index in [1.165, 1.54) is 24.2 Å². The van der Waals surface area contributed by atoms with Crippen LogP contribution in [0.15, 0.2) is 34.2 Å². The van der Waals surface area contributed by atoms with Crippen molar-refractivity contribution >= 4 is 41.7 Å². The minimum atomic E-state index is -0.146. The summed E-state index contributed by atoms with van der Waals surface area (Å²) in [5.74, 6) is 2.32. The number of likely N-dealkylation sites (tertiary alicyclic amines) is 1. The SMILES string of the molecule is CN=C(NCCSc1ccccc1F)N1CCC(CN2CCOCC2)C1.I. The van der Waals surface area contributed by atoms with Gasteiger partial charge in [0.05, 0.1) is 13.2 Å². The number of rotatable bonds is 6. The minimum Gasteiger partial charge on any atom is -0.379 e. The van der Waals surface area contributed by atoms with E-state index >= 15 is 0 Å². The largest absolute Gasteiger partial charge is 0.379 e. The molecule has 1 aromatic carbocycles. The van der Waals surface area contributed by atoms with Crippen molar-refractivity contribution in [3.8, 4) is 0 Å². The first-order valence-electron chi connectivity index (χ1n) is 9.39. The fourth-order valence-electron chi connectivity index (χ4n) is 3.54. The number of benzene rings is 1. The van der Waals surface area contributed by atoms with E-state index in [0.717, 1.165) is 64.2 Å². The van der Waals surface area contributed by atoms with Crippen LogP contribution >= 0.6 is 35.7 Å². The zero-order valence-corrected chi connectivity index (χ0v) is 19.0. The van der Waals surface area contributed by atoms with Gasteiger partial charge in [0.25, 0.3) is 0 Å². The average Bonchev–Trinajstić information content (AvgIpc) is 3.12. The molecule has 152 valence electrons. The fourth-order valence-corrected chi connectivity index (χ4v) is 4.35. The van der Waals surface area contributed by atoms with Crippen LogP contribution in [0.1, 0.15) is 6.42 Å². The second-order valence-electron chi connectivity index (χ2n) is 6.77. The summed E-state index contributed by atoms with van der Waals surface area (Å²) < 4.78 is 19.1. The van der Waals surface area contributed by atoms with E-state index < -0.39 is 0 Å². The van der Waals surface area contributed by atoms with Gasteiger partial charge in [-0.3, -0.25) is 9.89 Å². The predicted molar refractivity (Wildman–Crippen MR) is 121 cm³/mol. The van der Waals surface area contributed by atoms with Crippen LogP contribution in [0, 0.1) is 11.7 Å². The van der Waals surface area contributed by atoms with Crippen LogP contribution in [-0.4, -0.2) is 81.0 Å². The molecule has 0 aliphatic carbocycles. The summed E-state index contributed by atoms with van der Waals surface area (Å²) in [5.41, 5.74) is 0. The second kappa shape index (κ2) is 12.1. The molecule has 27 heavy (non-hydrogen) atoms. The van der Waals surface area contributed by atoms with Crippen molar-refractivity contribution in [2.45, 2.75) is 11.3 Å². The van der Waals surface area contributed by atoms with Crippen LogP contribution in [0.4, 0.5) is 4.39 Å².